The molecule has 21 heavy (non-hydrogen) atoms. The first kappa shape index (κ1) is 15.3. The molecule has 2 aromatic carbocycles. The number of primary amides is 1. The van der Waals surface area contributed by atoms with Crippen LogP contribution in [-0.4, -0.2) is 18.4 Å². The van der Waals surface area contributed by atoms with Crippen molar-refractivity contribution < 1.29 is 9.59 Å². The van der Waals surface area contributed by atoms with Crippen molar-refractivity contribution in [3.63, 3.8) is 0 Å². The molecule has 2 aromatic rings. The Bertz CT molecular complexity index is 656. The minimum absolute atomic E-state index is 0.105. The maximum atomic E-state index is 11.9. The van der Waals surface area contributed by atoms with Crippen LogP contribution in [0.1, 0.15) is 10.4 Å². The third kappa shape index (κ3) is 4.45. The lowest BCUT2D eigenvalue weighted by Gasteiger charge is -2.10. The van der Waals surface area contributed by atoms with Gasteiger partial charge in [0.05, 0.1) is 17.8 Å². The Morgan fingerprint density at radius 3 is 2.38 bits per heavy atom. The molecular weight excluding hydrogens is 381 g/mol. The molecule has 0 atom stereocenters. The molecule has 0 aliphatic rings. The molecule has 0 radical (unpaired) electrons. The average molecular weight is 395 g/mol. The minimum atomic E-state index is -0.573. The number of carbonyl (C=O) groups excluding carboxylic acids is 2. The topological polar surface area (TPSA) is 84.2 Å². The lowest BCUT2D eigenvalue weighted by atomic mass is 10.1. The summed E-state index contributed by atoms with van der Waals surface area (Å²) in [5.74, 6) is -0.821. The molecule has 0 aliphatic carbocycles. The molecule has 0 fully saturated rings. The quantitative estimate of drug-likeness (QED) is 0.680. The van der Waals surface area contributed by atoms with Crippen molar-refractivity contribution in [2.75, 3.05) is 17.2 Å². The third-order valence-corrected chi connectivity index (χ3v) is 3.48. The highest BCUT2D eigenvalue weighted by atomic mass is 127. The van der Waals surface area contributed by atoms with Gasteiger partial charge in [0.1, 0.15) is 0 Å². The molecule has 0 heterocycles. The maximum Gasteiger partial charge on any atom is 0.250 e. The highest BCUT2D eigenvalue weighted by Gasteiger charge is 2.09. The lowest BCUT2D eigenvalue weighted by Crippen LogP contribution is -2.24. The largest absolute Gasteiger partial charge is 0.376 e. The highest BCUT2D eigenvalue weighted by Crippen LogP contribution is 2.14. The van der Waals surface area contributed by atoms with Gasteiger partial charge in [-0.25, -0.2) is 0 Å². The van der Waals surface area contributed by atoms with Crippen LogP contribution < -0.4 is 16.4 Å². The average Bonchev–Trinajstić information content (AvgIpc) is 2.47. The van der Waals surface area contributed by atoms with Gasteiger partial charge in [-0.2, -0.15) is 0 Å². The second kappa shape index (κ2) is 7.07. The van der Waals surface area contributed by atoms with E-state index in [1.165, 1.54) is 0 Å². The lowest BCUT2D eigenvalue weighted by molar-refractivity contribution is -0.114. The minimum Gasteiger partial charge on any atom is -0.376 e. The zero-order chi connectivity index (χ0) is 15.2. The first-order valence-corrected chi connectivity index (χ1v) is 7.32. The van der Waals surface area contributed by atoms with E-state index in [1.54, 1.807) is 24.3 Å². The van der Waals surface area contributed by atoms with Gasteiger partial charge in [0.25, 0.3) is 5.91 Å². The molecule has 0 saturated heterocycles. The summed E-state index contributed by atoms with van der Waals surface area (Å²) in [6.45, 7) is 0.105. The van der Waals surface area contributed by atoms with Crippen LogP contribution in [0, 0.1) is 3.57 Å². The zero-order valence-corrected chi connectivity index (χ0v) is 13.3. The van der Waals surface area contributed by atoms with E-state index in [4.69, 9.17) is 5.73 Å². The molecule has 0 aliphatic heterocycles. The molecule has 0 spiro atoms. The summed E-state index contributed by atoms with van der Waals surface area (Å²) in [5.41, 5.74) is 6.83. The van der Waals surface area contributed by atoms with Crippen molar-refractivity contribution >= 4 is 45.8 Å². The van der Waals surface area contributed by atoms with E-state index in [2.05, 4.69) is 33.2 Å². The van der Waals surface area contributed by atoms with Crippen molar-refractivity contribution in [2.45, 2.75) is 0 Å². The first-order chi connectivity index (χ1) is 10.1. The number of amides is 2. The summed E-state index contributed by atoms with van der Waals surface area (Å²) in [5, 5.41) is 5.68. The fourth-order valence-electron chi connectivity index (χ4n) is 1.75. The second-order valence-electron chi connectivity index (χ2n) is 4.32. The van der Waals surface area contributed by atoms with Gasteiger partial charge in [0.2, 0.25) is 5.91 Å². The normalized spacial score (nSPS) is 9.95. The molecule has 6 heteroatoms. The summed E-state index contributed by atoms with van der Waals surface area (Å²) in [6, 6.07) is 14.3. The van der Waals surface area contributed by atoms with Crippen LogP contribution in [0.25, 0.3) is 0 Å². The van der Waals surface area contributed by atoms with E-state index in [0.717, 1.165) is 9.26 Å². The maximum absolute atomic E-state index is 11.9. The van der Waals surface area contributed by atoms with Gasteiger partial charge in [-0.05, 0) is 59.0 Å². The summed E-state index contributed by atoms with van der Waals surface area (Å²) in [4.78, 5) is 23.2. The SMILES string of the molecule is NC(=O)c1ccccc1NC(=O)CNc1ccc(I)cc1. The van der Waals surface area contributed by atoms with Crippen LogP contribution in [0.5, 0.6) is 0 Å². The molecule has 0 aromatic heterocycles. The Morgan fingerprint density at radius 1 is 1.05 bits per heavy atom. The van der Waals surface area contributed by atoms with E-state index >= 15 is 0 Å². The van der Waals surface area contributed by atoms with Crippen molar-refractivity contribution in [3.05, 3.63) is 57.7 Å². The van der Waals surface area contributed by atoms with Gasteiger partial charge in [-0.1, -0.05) is 12.1 Å². The highest BCUT2D eigenvalue weighted by molar-refractivity contribution is 14.1. The molecule has 0 bridgehead atoms. The molecule has 5 nitrogen and oxygen atoms in total. The number of nitrogens with two attached hydrogens (primary N) is 1. The van der Waals surface area contributed by atoms with Crippen molar-refractivity contribution in [3.8, 4) is 0 Å². The zero-order valence-electron chi connectivity index (χ0n) is 11.1. The Morgan fingerprint density at radius 2 is 1.71 bits per heavy atom. The molecule has 4 N–H and O–H groups in total. The predicted octanol–water partition coefficient (Wildman–Crippen LogP) is 2.44. The van der Waals surface area contributed by atoms with Crippen molar-refractivity contribution in [2.24, 2.45) is 5.73 Å². The molecular formula is C15H14IN3O2. The summed E-state index contributed by atoms with van der Waals surface area (Å²) >= 11 is 2.21. The number of hydrogen-bond donors (Lipinski definition) is 3. The number of rotatable bonds is 5. The Hall–Kier alpha value is -2.09. The Labute approximate surface area is 136 Å². The summed E-state index contributed by atoms with van der Waals surface area (Å²) < 4.78 is 1.12. The van der Waals surface area contributed by atoms with E-state index in [1.807, 2.05) is 24.3 Å². The molecule has 2 amide bonds. The number of para-hydroxylation sites is 1. The Kier molecular flexibility index (Phi) is 5.15. The second-order valence-corrected chi connectivity index (χ2v) is 5.56. The van der Waals surface area contributed by atoms with Crippen LogP contribution in [0.4, 0.5) is 11.4 Å². The van der Waals surface area contributed by atoms with Gasteiger partial charge >= 0.3 is 0 Å². The molecule has 2 rings (SSSR count). The Balaban J connectivity index is 1.96. The van der Waals surface area contributed by atoms with Gasteiger partial charge in [-0.3, -0.25) is 9.59 Å². The smallest absolute Gasteiger partial charge is 0.250 e. The molecule has 0 unspecified atom stereocenters. The number of nitrogens with one attached hydrogen (secondary N) is 2. The van der Waals surface area contributed by atoms with Gasteiger partial charge in [0, 0.05) is 9.26 Å². The third-order valence-electron chi connectivity index (χ3n) is 2.76. The van der Waals surface area contributed by atoms with Crippen LogP contribution in [-0.2, 0) is 4.79 Å². The van der Waals surface area contributed by atoms with Crippen molar-refractivity contribution in [1.29, 1.82) is 0 Å². The van der Waals surface area contributed by atoms with Crippen LogP contribution >= 0.6 is 22.6 Å². The number of anilines is 2. The predicted molar refractivity (Wildman–Crippen MR) is 91.2 cm³/mol. The number of carbonyl (C=O) groups is 2. The van der Waals surface area contributed by atoms with Gasteiger partial charge in [-0.15, -0.1) is 0 Å². The van der Waals surface area contributed by atoms with Crippen LogP contribution in [0.15, 0.2) is 48.5 Å². The summed E-state index contributed by atoms with van der Waals surface area (Å²) in [6.07, 6.45) is 0. The van der Waals surface area contributed by atoms with E-state index in [-0.39, 0.29) is 12.5 Å². The van der Waals surface area contributed by atoms with E-state index in [9.17, 15) is 9.59 Å². The summed E-state index contributed by atoms with van der Waals surface area (Å²) in [7, 11) is 0. The van der Waals surface area contributed by atoms with Gasteiger partial charge in [0.15, 0.2) is 0 Å². The first-order valence-electron chi connectivity index (χ1n) is 6.24. The van der Waals surface area contributed by atoms with Crippen LogP contribution in [0.2, 0.25) is 0 Å². The number of halogens is 1. The number of hydrogen-bond acceptors (Lipinski definition) is 3. The number of benzene rings is 2. The monoisotopic (exact) mass is 395 g/mol. The fraction of sp³-hybridized carbons (Fsp3) is 0.0667. The van der Waals surface area contributed by atoms with Crippen LogP contribution in [0.3, 0.4) is 0 Å². The molecule has 108 valence electrons. The van der Waals surface area contributed by atoms with Gasteiger partial charge < -0.3 is 16.4 Å². The van der Waals surface area contributed by atoms with Crippen molar-refractivity contribution in [1.82, 2.24) is 0 Å². The van der Waals surface area contributed by atoms with E-state index in [0.29, 0.717) is 11.3 Å². The standard InChI is InChI=1S/C15H14IN3O2/c16-10-5-7-11(8-6-10)18-9-14(20)19-13-4-2-1-3-12(13)15(17)21/h1-8,18H,9H2,(H2,17,21)(H,19,20). The fourth-order valence-corrected chi connectivity index (χ4v) is 2.11. The molecule has 0 saturated carbocycles. The van der Waals surface area contributed by atoms with E-state index < -0.39 is 5.91 Å².